The van der Waals surface area contributed by atoms with E-state index in [1.54, 1.807) is 19.1 Å². The molecule has 5 nitrogen and oxygen atoms in total. The van der Waals surface area contributed by atoms with Crippen LogP contribution < -0.4 is 4.72 Å². The molecule has 0 bridgehead atoms. The van der Waals surface area contributed by atoms with Gasteiger partial charge in [-0.3, -0.25) is 0 Å². The van der Waals surface area contributed by atoms with E-state index < -0.39 is 28.8 Å². The SMILES string of the molecule is Cc1ccc(Br)cc1S(=O)(=O)NC(C)(CO)CO. The molecule has 0 saturated heterocycles. The van der Waals surface area contributed by atoms with Gasteiger partial charge in [-0.1, -0.05) is 22.0 Å². The van der Waals surface area contributed by atoms with Crippen molar-refractivity contribution in [1.29, 1.82) is 0 Å². The highest BCUT2D eigenvalue weighted by atomic mass is 79.9. The molecule has 0 unspecified atom stereocenters. The summed E-state index contributed by atoms with van der Waals surface area (Å²) in [6, 6.07) is 4.90. The Balaban J connectivity index is 3.18. The molecular formula is C11H16BrNO4S. The average molecular weight is 338 g/mol. The van der Waals surface area contributed by atoms with Gasteiger partial charge in [-0.15, -0.1) is 0 Å². The second kappa shape index (κ2) is 5.66. The number of nitrogens with one attached hydrogen (secondary N) is 1. The number of sulfonamides is 1. The van der Waals surface area contributed by atoms with E-state index in [1.807, 2.05) is 0 Å². The predicted octanol–water partition coefficient (Wildman–Crippen LogP) is 0.779. The first-order valence-corrected chi connectivity index (χ1v) is 7.53. The maximum absolute atomic E-state index is 12.2. The largest absolute Gasteiger partial charge is 0.394 e. The topological polar surface area (TPSA) is 86.6 Å². The summed E-state index contributed by atoms with van der Waals surface area (Å²) in [6.45, 7) is 2.12. The summed E-state index contributed by atoms with van der Waals surface area (Å²) in [5.41, 5.74) is -0.697. The predicted molar refractivity (Wildman–Crippen MR) is 71.8 cm³/mol. The standard InChI is InChI=1S/C11H16BrNO4S/c1-8-3-4-9(12)5-10(8)18(16,17)13-11(2,6-14)7-15/h3-5,13-15H,6-7H2,1-2H3. The molecular weight excluding hydrogens is 322 g/mol. The monoisotopic (exact) mass is 337 g/mol. The Kier molecular flexibility index (Phi) is 4.90. The van der Waals surface area contributed by atoms with Crippen molar-refractivity contribution in [3.63, 3.8) is 0 Å². The van der Waals surface area contributed by atoms with E-state index in [0.717, 1.165) is 0 Å². The van der Waals surface area contributed by atoms with E-state index in [1.165, 1.54) is 13.0 Å². The molecule has 18 heavy (non-hydrogen) atoms. The van der Waals surface area contributed by atoms with Gasteiger partial charge in [0.05, 0.1) is 23.6 Å². The molecule has 0 aliphatic rings. The molecule has 0 radical (unpaired) electrons. The van der Waals surface area contributed by atoms with E-state index >= 15 is 0 Å². The van der Waals surface area contributed by atoms with Gasteiger partial charge in [-0.05, 0) is 31.5 Å². The molecule has 0 fully saturated rings. The number of benzene rings is 1. The minimum Gasteiger partial charge on any atom is -0.394 e. The van der Waals surface area contributed by atoms with E-state index in [9.17, 15) is 8.42 Å². The van der Waals surface area contributed by atoms with Crippen molar-refractivity contribution >= 4 is 26.0 Å². The van der Waals surface area contributed by atoms with Crippen LogP contribution in [0.15, 0.2) is 27.6 Å². The van der Waals surface area contributed by atoms with E-state index in [2.05, 4.69) is 20.7 Å². The molecule has 3 N–H and O–H groups in total. The lowest BCUT2D eigenvalue weighted by molar-refractivity contribution is 0.121. The van der Waals surface area contributed by atoms with Crippen molar-refractivity contribution in [2.75, 3.05) is 13.2 Å². The van der Waals surface area contributed by atoms with Crippen LogP contribution in [0.5, 0.6) is 0 Å². The Bertz CT molecular complexity index is 526. The number of aliphatic hydroxyl groups is 2. The fourth-order valence-corrected chi connectivity index (χ4v) is 3.53. The molecule has 0 aliphatic heterocycles. The zero-order chi connectivity index (χ0) is 14.0. The zero-order valence-corrected chi connectivity index (χ0v) is 12.5. The molecule has 0 atom stereocenters. The second-order valence-electron chi connectivity index (χ2n) is 4.39. The lowest BCUT2D eigenvalue weighted by Gasteiger charge is -2.26. The summed E-state index contributed by atoms with van der Waals surface area (Å²) >= 11 is 3.21. The van der Waals surface area contributed by atoms with Crippen LogP contribution in [0, 0.1) is 6.92 Å². The van der Waals surface area contributed by atoms with Gasteiger partial charge in [0.25, 0.3) is 0 Å². The quantitative estimate of drug-likeness (QED) is 0.741. The van der Waals surface area contributed by atoms with E-state index in [4.69, 9.17) is 10.2 Å². The van der Waals surface area contributed by atoms with Crippen LogP contribution in [0.2, 0.25) is 0 Å². The maximum Gasteiger partial charge on any atom is 0.241 e. The summed E-state index contributed by atoms with van der Waals surface area (Å²) in [6.07, 6.45) is 0. The fourth-order valence-electron chi connectivity index (χ4n) is 1.36. The number of aliphatic hydroxyl groups excluding tert-OH is 2. The minimum absolute atomic E-state index is 0.116. The normalized spacial score (nSPS) is 12.7. The van der Waals surface area contributed by atoms with Crippen molar-refractivity contribution in [1.82, 2.24) is 4.72 Å². The van der Waals surface area contributed by atoms with Gasteiger partial charge in [-0.25, -0.2) is 13.1 Å². The molecule has 1 rings (SSSR count). The molecule has 7 heteroatoms. The van der Waals surface area contributed by atoms with Crippen LogP contribution in [0.25, 0.3) is 0 Å². The number of hydrogen-bond donors (Lipinski definition) is 3. The lowest BCUT2D eigenvalue weighted by atomic mass is 10.1. The maximum atomic E-state index is 12.2. The summed E-state index contributed by atoms with van der Waals surface area (Å²) in [5, 5.41) is 18.2. The van der Waals surface area contributed by atoms with Crippen LogP contribution >= 0.6 is 15.9 Å². The van der Waals surface area contributed by atoms with Gasteiger partial charge in [0.1, 0.15) is 0 Å². The summed E-state index contributed by atoms with van der Waals surface area (Å²) < 4.78 is 27.3. The lowest BCUT2D eigenvalue weighted by Crippen LogP contribution is -2.51. The third-order valence-corrected chi connectivity index (χ3v) is 4.79. The molecule has 102 valence electrons. The second-order valence-corrected chi connectivity index (χ2v) is 6.96. The van der Waals surface area contributed by atoms with Gasteiger partial charge >= 0.3 is 0 Å². The highest BCUT2D eigenvalue weighted by Crippen LogP contribution is 2.21. The van der Waals surface area contributed by atoms with Gasteiger partial charge in [0, 0.05) is 4.47 Å². The fraction of sp³-hybridized carbons (Fsp3) is 0.455. The van der Waals surface area contributed by atoms with Crippen LogP contribution in [0.1, 0.15) is 12.5 Å². The Labute approximate surface area is 115 Å². The summed E-state index contributed by atoms with van der Waals surface area (Å²) in [5.74, 6) is 0. The van der Waals surface area contributed by atoms with Gasteiger partial charge < -0.3 is 10.2 Å². The molecule has 0 spiro atoms. The molecule has 0 heterocycles. The van der Waals surface area contributed by atoms with E-state index in [-0.39, 0.29) is 4.90 Å². The number of aryl methyl sites for hydroxylation is 1. The van der Waals surface area contributed by atoms with Crippen LogP contribution in [0.3, 0.4) is 0 Å². The smallest absolute Gasteiger partial charge is 0.241 e. The van der Waals surface area contributed by atoms with Crippen molar-refractivity contribution in [3.05, 3.63) is 28.2 Å². The van der Waals surface area contributed by atoms with E-state index in [0.29, 0.717) is 10.0 Å². The Morgan fingerprint density at radius 3 is 2.39 bits per heavy atom. The Morgan fingerprint density at radius 1 is 1.33 bits per heavy atom. The molecule has 0 saturated carbocycles. The first kappa shape index (κ1) is 15.6. The van der Waals surface area contributed by atoms with Crippen LogP contribution in [-0.2, 0) is 10.0 Å². The summed E-state index contributed by atoms with van der Waals surface area (Å²) in [7, 11) is -3.80. The average Bonchev–Trinajstić information content (AvgIpc) is 2.31. The van der Waals surface area contributed by atoms with Gasteiger partial charge in [0.2, 0.25) is 10.0 Å². The molecule has 0 aromatic heterocycles. The molecule has 0 amide bonds. The Morgan fingerprint density at radius 2 is 1.89 bits per heavy atom. The summed E-state index contributed by atoms with van der Waals surface area (Å²) in [4.78, 5) is 0.116. The highest BCUT2D eigenvalue weighted by molar-refractivity contribution is 9.10. The number of hydrogen-bond acceptors (Lipinski definition) is 4. The highest BCUT2D eigenvalue weighted by Gasteiger charge is 2.30. The molecule has 1 aromatic rings. The van der Waals surface area contributed by atoms with Crippen LogP contribution in [0.4, 0.5) is 0 Å². The van der Waals surface area contributed by atoms with Crippen LogP contribution in [-0.4, -0.2) is 37.4 Å². The van der Waals surface area contributed by atoms with Gasteiger partial charge in [-0.2, -0.15) is 0 Å². The Hall–Kier alpha value is -0.470. The van der Waals surface area contributed by atoms with Crippen molar-refractivity contribution in [2.24, 2.45) is 0 Å². The number of rotatable bonds is 5. The third-order valence-electron chi connectivity index (χ3n) is 2.52. The minimum atomic E-state index is -3.80. The van der Waals surface area contributed by atoms with Crippen molar-refractivity contribution in [3.8, 4) is 0 Å². The zero-order valence-electron chi connectivity index (χ0n) is 10.1. The number of halogens is 1. The molecule has 1 aromatic carbocycles. The first-order chi connectivity index (χ1) is 8.24. The van der Waals surface area contributed by atoms with Gasteiger partial charge in [0.15, 0.2) is 0 Å². The van der Waals surface area contributed by atoms with Crippen molar-refractivity contribution < 1.29 is 18.6 Å². The first-order valence-electron chi connectivity index (χ1n) is 5.26. The third kappa shape index (κ3) is 3.52. The molecule has 0 aliphatic carbocycles. The van der Waals surface area contributed by atoms with Crippen molar-refractivity contribution in [2.45, 2.75) is 24.3 Å².